The number of allylic oxidation sites excluding steroid dienone is 3. The summed E-state index contributed by atoms with van der Waals surface area (Å²) in [6.07, 6.45) is 54.3. The van der Waals surface area contributed by atoms with Gasteiger partial charge in [-0.25, -0.2) is 0 Å². The monoisotopic (exact) mass is 704 g/mol. The highest BCUT2D eigenvalue weighted by molar-refractivity contribution is 5.76. The molecule has 2 atom stereocenters. The van der Waals surface area contributed by atoms with Crippen LogP contribution in [0.3, 0.4) is 0 Å². The molecule has 0 aliphatic heterocycles. The van der Waals surface area contributed by atoms with Crippen LogP contribution in [0.4, 0.5) is 0 Å². The van der Waals surface area contributed by atoms with Gasteiger partial charge in [0.2, 0.25) is 5.91 Å². The Balaban J connectivity index is 3.54. The predicted octanol–water partition coefficient (Wildman–Crippen LogP) is 14.0. The third kappa shape index (κ3) is 38.1. The van der Waals surface area contributed by atoms with E-state index in [1.807, 2.05) is 6.08 Å². The lowest BCUT2D eigenvalue weighted by Crippen LogP contribution is -2.45. The van der Waals surface area contributed by atoms with Crippen molar-refractivity contribution in [2.75, 3.05) is 6.61 Å². The van der Waals surface area contributed by atoms with Crippen LogP contribution in [0.15, 0.2) is 24.3 Å². The Bertz CT molecular complexity index is 720. The first-order chi connectivity index (χ1) is 24.7. The number of hydrogen-bond donors (Lipinski definition) is 3. The number of carbonyl (C=O) groups excluding carboxylic acids is 1. The summed E-state index contributed by atoms with van der Waals surface area (Å²) in [6, 6.07) is -0.621. The SMILES string of the molecule is CCCCCCCCCCCCCCC=CCCCCCCCCCC(=O)NC(CO)C(O)C=CCCCCCCCCCCCCCCC. The second-order valence-corrected chi connectivity index (χ2v) is 15.5. The first-order valence-electron chi connectivity index (χ1n) is 22.6. The lowest BCUT2D eigenvalue weighted by Gasteiger charge is -2.20. The summed E-state index contributed by atoms with van der Waals surface area (Å²) >= 11 is 0. The van der Waals surface area contributed by atoms with Crippen LogP contribution in [0.25, 0.3) is 0 Å². The van der Waals surface area contributed by atoms with Crippen molar-refractivity contribution < 1.29 is 15.0 Å². The highest BCUT2D eigenvalue weighted by Gasteiger charge is 2.17. The van der Waals surface area contributed by atoms with E-state index in [2.05, 4.69) is 31.3 Å². The smallest absolute Gasteiger partial charge is 0.220 e. The predicted molar refractivity (Wildman–Crippen MR) is 221 cm³/mol. The molecular weight excluding hydrogens is 615 g/mol. The van der Waals surface area contributed by atoms with Gasteiger partial charge in [0.25, 0.3) is 0 Å². The summed E-state index contributed by atoms with van der Waals surface area (Å²) in [6.45, 7) is 4.32. The minimum Gasteiger partial charge on any atom is -0.394 e. The van der Waals surface area contributed by atoms with Crippen molar-refractivity contribution in [3.63, 3.8) is 0 Å². The Hall–Kier alpha value is -1.13. The maximum absolute atomic E-state index is 12.4. The summed E-state index contributed by atoms with van der Waals surface area (Å²) in [4.78, 5) is 12.4. The van der Waals surface area contributed by atoms with Crippen LogP contribution in [0.5, 0.6) is 0 Å². The molecule has 0 aromatic carbocycles. The fraction of sp³-hybridized carbons (Fsp3) is 0.891. The summed E-state index contributed by atoms with van der Waals surface area (Å²) < 4.78 is 0. The van der Waals surface area contributed by atoms with Gasteiger partial charge in [-0.3, -0.25) is 4.79 Å². The number of nitrogens with one attached hydrogen (secondary N) is 1. The largest absolute Gasteiger partial charge is 0.394 e. The molecule has 4 nitrogen and oxygen atoms in total. The molecular formula is C46H89NO3. The fourth-order valence-corrected chi connectivity index (χ4v) is 6.94. The zero-order valence-corrected chi connectivity index (χ0v) is 33.9. The molecule has 1 amide bonds. The van der Waals surface area contributed by atoms with Gasteiger partial charge >= 0.3 is 0 Å². The molecule has 296 valence electrons. The van der Waals surface area contributed by atoms with E-state index in [0.717, 1.165) is 25.7 Å². The summed E-state index contributed by atoms with van der Waals surface area (Å²) in [5.41, 5.74) is 0. The van der Waals surface area contributed by atoms with Crippen molar-refractivity contribution in [1.82, 2.24) is 5.32 Å². The molecule has 4 heteroatoms. The van der Waals surface area contributed by atoms with Crippen molar-refractivity contribution in [2.45, 2.75) is 257 Å². The van der Waals surface area contributed by atoms with Crippen molar-refractivity contribution >= 4 is 5.91 Å². The Morgan fingerprint density at radius 2 is 0.760 bits per heavy atom. The average molecular weight is 704 g/mol. The molecule has 0 aromatic heterocycles. The molecule has 0 spiro atoms. The van der Waals surface area contributed by atoms with E-state index in [1.54, 1.807) is 6.08 Å². The second-order valence-electron chi connectivity index (χ2n) is 15.5. The molecule has 0 aliphatic rings. The van der Waals surface area contributed by atoms with Gasteiger partial charge in [0.15, 0.2) is 0 Å². The van der Waals surface area contributed by atoms with Crippen LogP contribution in [-0.2, 0) is 4.79 Å². The highest BCUT2D eigenvalue weighted by Crippen LogP contribution is 2.15. The van der Waals surface area contributed by atoms with Crippen molar-refractivity contribution in [1.29, 1.82) is 0 Å². The number of carbonyl (C=O) groups is 1. The van der Waals surface area contributed by atoms with Gasteiger partial charge in [-0.05, 0) is 44.9 Å². The minimum atomic E-state index is -0.838. The molecule has 0 aliphatic carbocycles. The van der Waals surface area contributed by atoms with Crippen LogP contribution in [0, 0.1) is 0 Å². The Kier molecular flexibility index (Phi) is 41.3. The normalized spacial score (nSPS) is 13.1. The molecule has 0 fully saturated rings. The van der Waals surface area contributed by atoms with Gasteiger partial charge in [-0.1, -0.05) is 218 Å². The molecule has 0 rings (SSSR count). The van der Waals surface area contributed by atoms with Crippen LogP contribution in [-0.4, -0.2) is 34.9 Å². The summed E-state index contributed by atoms with van der Waals surface area (Å²) in [5.74, 6) is -0.0664. The van der Waals surface area contributed by atoms with E-state index >= 15 is 0 Å². The fourth-order valence-electron chi connectivity index (χ4n) is 6.94. The highest BCUT2D eigenvalue weighted by atomic mass is 16.3. The van der Waals surface area contributed by atoms with Gasteiger partial charge in [-0.15, -0.1) is 0 Å². The van der Waals surface area contributed by atoms with Crippen molar-refractivity contribution in [3.8, 4) is 0 Å². The van der Waals surface area contributed by atoms with Gasteiger partial charge < -0.3 is 15.5 Å². The maximum Gasteiger partial charge on any atom is 0.220 e. The van der Waals surface area contributed by atoms with Crippen LogP contribution >= 0.6 is 0 Å². The van der Waals surface area contributed by atoms with Crippen molar-refractivity contribution in [3.05, 3.63) is 24.3 Å². The van der Waals surface area contributed by atoms with E-state index in [-0.39, 0.29) is 12.5 Å². The van der Waals surface area contributed by atoms with Crippen LogP contribution in [0.2, 0.25) is 0 Å². The average Bonchev–Trinajstić information content (AvgIpc) is 3.12. The third-order valence-electron chi connectivity index (χ3n) is 10.4. The lowest BCUT2D eigenvalue weighted by atomic mass is 10.0. The van der Waals surface area contributed by atoms with Gasteiger partial charge in [0, 0.05) is 6.42 Å². The van der Waals surface area contributed by atoms with E-state index in [4.69, 9.17) is 0 Å². The Labute approximate surface area is 313 Å². The molecule has 0 saturated carbocycles. The molecule has 0 saturated heterocycles. The molecule has 0 aromatic rings. The van der Waals surface area contributed by atoms with E-state index in [9.17, 15) is 15.0 Å². The summed E-state index contributed by atoms with van der Waals surface area (Å²) in [7, 11) is 0. The minimum absolute atomic E-state index is 0.0664. The Morgan fingerprint density at radius 3 is 1.10 bits per heavy atom. The van der Waals surface area contributed by atoms with E-state index in [1.165, 1.54) is 199 Å². The lowest BCUT2D eigenvalue weighted by molar-refractivity contribution is -0.123. The van der Waals surface area contributed by atoms with Gasteiger partial charge in [0.1, 0.15) is 0 Å². The first-order valence-corrected chi connectivity index (χ1v) is 22.6. The molecule has 2 unspecified atom stereocenters. The molecule has 0 radical (unpaired) electrons. The van der Waals surface area contributed by atoms with Crippen LogP contribution < -0.4 is 5.32 Å². The van der Waals surface area contributed by atoms with E-state index < -0.39 is 12.1 Å². The van der Waals surface area contributed by atoms with Crippen molar-refractivity contribution in [2.24, 2.45) is 0 Å². The molecule has 50 heavy (non-hydrogen) atoms. The number of unbranched alkanes of at least 4 members (excludes halogenated alkanes) is 32. The quantitative estimate of drug-likeness (QED) is 0.0438. The summed E-state index contributed by atoms with van der Waals surface area (Å²) in [5, 5.41) is 23.0. The number of rotatable bonds is 41. The maximum atomic E-state index is 12.4. The zero-order valence-electron chi connectivity index (χ0n) is 33.9. The topological polar surface area (TPSA) is 69.6 Å². The first kappa shape index (κ1) is 48.9. The second kappa shape index (κ2) is 42.3. The number of aliphatic hydroxyl groups is 2. The third-order valence-corrected chi connectivity index (χ3v) is 10.4. The Morgan fingerprint density at radius 1 is 0.460 bits per heavy atom. The zero-order chi connectivity index (χ0) is 36.4. The number of hydrogen-bond acceptors (Lipinski definition) is 3. The van der Waals surface area contributed by atoms with Gasteiger partial charge in [0.05, 0.1) is 18.8 Å². The molecule has 3 N–H and O–H groups in total. The van der Waals surface area contributed by atoms with Crippen LogP contribution in [0.1, 0.15) is 245 Å². The molecule has 0 heterocycles. The number of amides is 1. The standard InChI is InChI=1S/C46H89NO3/c1-3-5-7-9-11-13-15-17-19-20-21-22-23-24-25-26-28-30-32-34-36-38-40-42-46(50)47-44(43-48)45(49)41-39-37-35-33-31-29-27-18-16-14-12-10-8-6-4-2/h24-25,39,41,44-45,48-49H,3-23,26-38,40,42-43H2,1-2H3,(H,47,50). The number of aliphatic hydroxyl groups excluding tert-OH is 2. The molecule has 0 bridgehead atoms. The van der Waals surface area contributed by atoms with Gasteiger partial charge in [-0.2, -0.15) is 0 Å². The van der Waals surface area contributed by atoms with E-state index in [0.29, 0.717) is 6.42 Å².